The van der Waals surface area contributed by atoms with Gasteiger partial charge < -0.3 is 10.1 Å². The van der Waals surface area contributed by atoms with Gasteiger partial charge in [-0.2, -0.15) is 0 Å². The topological polar surface area (TPSA) is 21.3 Å². The average molecular weight is 255 g/mol. The smallest absolute Gasteiger partial charge is 0.123 e. The SMILES string of the molecule is CCNC(c1ccccc1)c1cc(C)ccc1OC. The summed E-state index contributed by atoms with van der Waals surface area (Å²) >= 11 is 0. The molecule has 100 valence electrons. The average Bonchev–Trinajstić information content (AvgIpc) is 2.45. The highest BCUT2D eigenvalue weighted by Gasteiger charge is 2.17. The Kier molecular flexibility index (Phi) is 4.58. The minimum atomic E-state index is 0.168. The molecule has 0 saturated heterocycles. The monoisotopic (exact) mass is 255 g/mol. The summed E-state index contributed by atoms with van der Waals surface area (Å²) in [6.45, 7) is 5.14. The molecule has 0 aliphatic heterocycles. The van der Waals surface area contributed by atoms with Crippen LogP contribution in [-0.4, -0.2) is 13.7 Å². The summed E-state index contributed by atoms with van der Waals surface area (Å²) in [5, 5.41) is 3.54. The predicted octanol–water partition coefficient (Wildman–Crippen LogP) is 3.70. The van der Waals surface area contributed by atoms with Crippen LogP contribution in [0.15, 0.2) is 48.5 Å². The maximum atomic E-state index is 5.51. The third kappa shape index (κ3) is 3.15. The van der Waals surface area contributed by atoms with Crippen LogP contribution in [0.2, 0.25) is 0 Å². The van der Waals surface area contributed by atoms with Crippen molar-refractivity contribution in [2.45, 2.75) is 19.9 Å². The first-order chi connectivity index (χ1) is 9.26. The van der Waals surface area contributed by atoms with Crippen molar-refractivity contribution >= 4 is 0 Å². The Morgan fingerprint density at radius 3 is 2.47 bits per heavy atom. The zero-order valence-corrected chi connectivity index (χ0v) is 11.8. The lowest BCUT2D eigenvalue weighted by Crippen LogP contribution is -2.22. The molecule has 2 rings (SSSR count). The molecule has 0 bridgehead atoms. The Balaban J connectivity index is 2.47. The Bertz CT molecular complexity index is 522. The van der Waals surface area contributed by atoms with Crippen molar-refractivity contribution in [3.05, 3.63) is 65.2 Å². The van der Waals surface area contributed by atoms with Crippen molar-refractivity contribution in [2.75, 3.05) is 13.7 Å². The second kappa shape index (κ2) is 6.39. The third-order valence-electron chi connectivity index (χ3n) is 3.24. The molecule has 0 spiro atoms. The van der Waals surface area contributed by atoms with E-state index in [0.29, 0.717) is 0 Å². The van der Waals surface area contributed by atoms with E-state index in [1.54, 1.807) is 7.11 Å². The van der Waals surface area contributed by atoms with Crippen LogP contribution in [0.5, 0.6) is 5.75 Å². The van der Waals surface area contributed by atoms with E-state index in [2.05, 4.69) is 55.6 Å². The van der Waals surface area contributed by atoms with Gasteiger partial charge in [-0.05, 0) is 25.1 Å². The maximum absolute atomic E-state index is 5.51. The Morgan fingerprint density at radius 2 is 1.84 bits per heavy atom. The summed E-state index contributed by atoms with van der Waals surface area (Å²) in [4.78, 5) is 0. The molecule has 2 aromatic rings. The summed E-state index contributed by atoms with van der Waals surface area (Å²) in [6.07, 6.45) is 0. The molecular formula is C17H21NO. The molecule has 2 aromatic carbocycles. The van der Waals surface area contributed by atoms with Crippen molar-refractivity contribution in [1.29, 1.82) is 0 Å². The lowest BCUT2D eigenvalue weighted by molar-refractivity contribution is 0.404. The van der Waals surface area contributed by atoms with E-state index >= 15 is 0 Å². The first-order valence-corrected chi connectivity index (χ1v) is 6.69. The number of hydrogen-bond acceptors (Lipinski definition) is 2. The number of benzene rings is 2. The molecule has 0 aliphatic rings. The van der Waals surface area contributed by atoms with E-state index in [1.807, 2.05) is 12.1 Å². The van der Waals surface area contributed by atoms with Gasteiger partial charge in [-0.3, -0.25) is 0 Å². The summed E-state index contributed by atoms with van der Waals surface area (Å²) < 4.78 is 5.51. The minimum absolute atomic E-state index is 0.168. The van der Waals surface area contributed by atoms with Gasteiger partial charge in [0.05, 0.1) is 13.2 Å². The van der Waals surface area contributed by atoms with Gasteiger partial charge in [-0.15, -0.1) is 0 Å². The highest BCUT2D eigenvalue weighted by atomic mass is 16.5. The van der Waals surface area contributed by atoms with Gasteiger partial charge in [0.25, 0.3) is 0 Å². The van der Waals surface area contributed by atoms with E-state index < -0.39 is 0 Å². The molecule has 0 radical (unpaired) electrons. The fourth-order valence-corrected chi connectivity index (χ4v) is 2.34. The predicted molar refractivity (Wildman–Crippen MR) is 79.7 cm³/mol. The lowest BCUT2D eigenvalue weighted by atomic mass is 9.96. The van der Waals surface area contributed by atoms with Crippen molar-refractivity contribution in [1.82, 2.24) is 5.32 Å². The molecule has 1 atom stereocenters. The zero-order chi connectivity index (χ0) is 13.7. The molecule has 0 heterocycles. The minimum Gasteiger partial charge on any atom is -0.496 e. The number of nitrogens with one attached hydrogen (secondary N) is 1. The number of hydrogen-bond donors (Lipinski definition) is 1. The van der Waals surface area contributed by atoms with E-state index in [-0.39, 0.29) is 6.04 Å². The van der Waals surface area contributed by atoms with Crippen molar-refractivity contribution in [2.24, 2.45) is 0 Å². The second-order valence-electron chi connectivity index (χ2n) is 4.65. The van der Waals surface area contributed by atoms with Crippen LogP contribution in [0.1, 0.15) is 29.7 Å². The lowest BCUT2D eigenvalue weighted by Gasteiger charge is -2.21. The Hall–Kier alpha value is -1.80. The van der Waals surface area contributed by atoms with Gasteiger partial charge in [0.15, 0.2) is 0 Å². The number of aryl methyl sites for hydroxylation is 1. The number of methoxy groups -OCH3 is 1. The van der Waals surface area contributed by atoms with Gasteiger partial charge in [-0.1, -0.05) is 55.0 Å². The molecule has 0 aliphatic carbocycles. The Morgan fingerprint density at radius 1 is 1.11 bits per heavy atom. The summed E-state index contributed by atoms with van der Waals surface area (Å²) in [5.41, 5.74) is 3.69. The highest BCUT2D eigenvalue weighted by molar-refractivity contribution is 5.43. The van der Waals surface area contributed by atoms with E-state index in [1.165, 1.54) is 16.7 Å². The van der Waals surface area contributed by atoms with Gasteiger partial charge in [0.2, 0.25) is 0 Å². The largest absolute Gasteiger partial charge is 0.496 e. The Labute approximate surface area is 115 Å². The number of ether oxygens (including phenoxy) is 1. The first kappa shape index (κ1) is 13.6. The summed E-state index contributed by atoms with van der Waals surface area (Å²) in [7, 11) is 1.72. The zero-order valence-electron chi connectivity index (χ0n) is 11.8. The molecule has 0 aromatic heterocycles. The quantitative estimate of drug-likeness (QED) is 0.879. The van der Waals surface area contributed by atoms with Gasteiger partial charge in [0.1, 0.15) is 5.75 Å². The molecule has 0 saturated carbocycles. The molecule has 2 nitrogen and oxygen atoms in total. The van der Waals surface area contributed by atoms with E-state index in [0.717, 1.165) is 12.3 Å². The first-order valence-electron chi connectivity index (χ1n) is 6.69. The molecule has 1 N–H and O–H groups in total. The fraction of sp³-hybridized carbons (Fsp3) is 0.294. The van der Waals surface area contributed by atoms with Crippen LogP contribution < -0.4 is 10.1 Å². The van der Waals surface area contributed by atoms with Crippen LogP contribution in [0.4, 0.5) is 0 Å². The van der Waals surface area contributed by atoms with Crippen LogP contribution in [0.25, 0.3) is 0 Å². The molecule has 19 heavy (non-hydrogen) atoms. The van der Waals surface area contributed by atoms with Crippen LogP contribution in [0, 0.1) is 6.92 Å². The van der Waals surface area contributed by atoms with Crippen LogP contribution in [0.3, 0.4) is 0 Å². The van der Waals surface area contributed by atoms with Crippen molar-refractivity contribution in [3.8, 4) is 5.75 Å². The van der Waals surface area contributed by atoms with Gasteiger partial charge in [0, 0.05) is 5.56 Å². The molecule has 0 amide bonds. The third-order valence-corrected chi connectivity index (χ3v) is 3.24. The molecule has 1 unspecified atom stereocenters. The van der Waals surface area contributed by atoms with Gasteiger partial charge in [-0.25, -0.2) is 0 Å². The van der Waals surface area contributed by atoms with Crippen molar-refractivity contribution < 1.29 is 4.74 Å². The van der Waals surface area contributed by atoms with Crippen LogP contribution >= 0.6 is 0 Å². The van der Waals surface area contributed by atoms with Crippen molar-refractivity contribution in [3.63, 3.8) is 0 Å². The van der Waals surface area contributed by atoms with E-state index in [9.17, 15) is 0 Å². The van der Waals surface area contributed by atoms with E-state index in [4.69, 9.17) is 4.74 Å². The molecule has 0 fully saturated rings. The normalized spacial score (nSPS) is 12.2. The van der Waals surface area contributed by atoms with Gasteiger partial charge >= 0.3 is 0 Å². The summed E-state index contributed by atoms with van der Waals surface area (Å²) in [6, 6.07) is 17.0. The van der Waals surface area contributed by atoms with Crippen LogP contribution in [-0.2, 0) is 0 Å². The summed E-state index contributed by atoms with van der Waals surface area (Å²) in [5.74, 6) is 0.931. The highest BCUT2D eigenvalue weighted by Crippen LogP contribution is 2.30. The standard InChI is InChI=1S/C17H21NO/c1-4-18-17(14-8-6-5-7-9-14)15-12-13(2)10-11-16(15)19-3/h5-12,17-18H,4H2,1-3H3. The second-order valence-corrected chi connectivity index (χ2v) is 4.65. The number of rotatable bonds is 5. The maximum Gasteiger partial charge on any atom is 0.123 e. The molecular weight excluding hydrogens is 234 g/mol. The fourth-order valence-electron chi connectivity index (χ4n) is 2.34. The molecule has 2 heteroatoms.